The number of benzene rings is 2. The van der Waals surface area contributed by atoms with E-state index in [0.29, 0.717) is 32.9 Å². The second-order valence-electron chi connectivity index (χ2n) is 7.58. The molecule has 0 spiro atoms. The van der Waals surface area contributed by atoms with Crippen LogP contribution in [-0.2, 0) is 18.0 Å². The van der Waals surface area contributed by atoms with Gasteiger partial charge < -0.3 is 24.1 Å². The number of halogens is 1. The zero-order valence-electron chi connectivity index (χ0n) is 19.1. The Bertz CT molecular complexity index is 1110. The van der Waals surface area contributed by atoms with Crippen molar-refractivity contribution in [2.45, 2.75) is 26.7 Å². The number of nitrogens with one attached hydrogen (secondary N) is 1. The predicted molar refractivity (Wildman–Crippen MR) is 142 cm³/mol. The van der Waals surface area contributed by atoms with Crippen LogP contribution in [0.1, 0.15) is 31.4 Å². The minimum absolute atomic E-state index is 0.474. The van der Waals surface area contributed by atoms with E-state index in [4.69, 9.17) is 23.8 Å². The average molecular weight is 581 g/mol. The van der Waals surface area contributed by atoms with Gasteiger partial charge in [0, 0.05) is 42.8 Å². The summed E-state index contributed by atoms with van der Waals surface area (Å²) in [4.78, 5) is 0. The van der Waals surface area contributed by atoms with Gasteiger partial charge in [0.05, 0.1) is 38.6 Å². The first-order valence-corrected chi connectivity index (χ1v) is 15.1. The number of ether oxygens (including phenoxy) is 3. The molecule has 9 heteroatoms. The van der Waals surface area contributed by atoms with Crippen molar-refractivity contribution in [3.05, 3.63) is 47.5 Å². The van der Waals surface area contributed by atoms with Crippen LogP contribution < -0.4 is 19.5 Å². The second-order valence-corrected chi connectivity index (χ2v) is 9.34. The summed E-state index contributed by atoms with van der Waals surface area (Å²) in [6.45, 7) is 6.95. The van der Waals surface area contributed by atoms with Gasteiger partial charge in [0.15, 0.2) is 17.3 Å². The summed E-state index contributed by atoms with van der Waals surface area (Å²) >= 11 is 2.23. The van der Waals surface area contributed by atoms with Crippen molar-refractivity contribution in [1.29, 1.82) is 0 Å². The third-order valence-corrected chi connectivity index (χ3v) is 6.60. The highest BCUT2D eigenvalue weighted by atomic mass is 127. The van der Waals surface area contributed by atoms with Crippen molar-refractivity contribution >= 4 is 40.0 Å². The second kappa shape index (κ2) is 11.4. The number of fused-ring (bicyclic) bond motifs is 3. The number of hydrogen-bond donors (Lipinski definition) is 1. The Morgan fingerprint density at radius 2 is 1.88 bits per heavy atom. The molecule has 4 rings (SSSR count). The Kier molecular flexibility index (Phi) is 8.33. The Morgan fingerprint density at radius 3 is 2.67 bits per heavy atom. The van der Waals surface area contributed by atoms with E-state index in [-0.39, 0.29) is 0 Å². The predicted octanol–water partition coefficient (Wildman–Crippen LogP) is 6.26. The molecule has 0 saturated heterocycles. The number of rotatable bonds is 12. The molecule has 3 aromatic rings. The summed E-state index contributed by atoms with van der Waals surface area (Å²) in [5.74, 6) is 3.24. The van der Waals surface area contributed by atoms with Crippen molar-refractivity contribution in [1.82, 2.24) is 9.78 Å². The van der Waals surface area contributed by atoms with Crippen molar-refractivity contribution in [2.24, 2.45) is 7.05 Å². The van der Waals surface area contributed by atoms with Gasteiger partial charge >= 0.3 is 0 Å². The smallest absolute Gasteiger partial charge is 0.161 e. The molecule has 1 aromatic heterocycles. The quantitative estimate of drug-likeness (QED) is 0.121. The van der Waals surface area contributed by atoms with E-state index in [1.807, 2.05) is 49.8 Å². The third kappa shape index (κ3) is 5.55. The molecule has 0 amide bonds. The van der Waals surface area contributed by atoms with Gasteiger partial charge in [0.2, 0.25) is 0 Å². The van der Waals surface area contributed by atoms with Gasteiger partial charge in [-0.25, -0.2) is 0 Å². The Balaban J connectivity index is 1.59. The van der Waals surface area contributed by atoms with Crippen LogP contribution in [0.25, 0.3) is 11.3 Å². The lowest BCUT2D eigenvalue weighted by atomic mass is 10.1. The zero-order chi connectivity index (χ0) is 23.2. The number of nitrogens with zero attached hydrogens (tertiary/aromatic N) is 2. The molecule has 1 N–H and O–H groups in total. The van der Waals surface area contributed by atoms with Crippen molar-refractivity contribution in [3.63, 3.8) is 0 Å². The lowest BCUT2D eigenvalue weighted by molar-refractivity contribution is 0.248. The van der Waals surface area contributed by atoms with Crippen LogP contribution in [0.5, 0.6) is 17.2 Å². The average Bonchev–Trinajstić information content (AvgIpc) is 3.31. The molecule has 0 fully saturated rings. The summed E-state index contributed by atoms with van der Waals surface area (Å²) in [6, 6.07) is 12.2. The maximum absolute atomic E-state index is 6.09. The van der Waals surface area contributed by atoms with Gasteiger partial charge in [0.1, 0.15) is 5.75 Å². The van der Waals surface area contributed by atoms with Crippen LogP contribution in [0.3, 0.4) is 0 Å². The fourth-order valence-electron chi connectivity index (χ4n) is 4.03. The molecule has 0 aliphatic heterocycles. The SMILES string of the molecule is CCOc1cccc(Nc2nn(C)c3c2Cc2cc(OCC)c(OCCCOPI)cc2-3)c1. The van der Waals surface area contributed by atoms with E-state index < -0.39 is 0 Å². The topological polar surface area (TPSA) is 66.8 Å². The van der Waals surface area contributed by atoms with Crippen LogP contribution >= 0.6 is 28.5 Å². The lowest BCUT2D eigenvalue weighted by Gasteiger charge is -2.14. The molecule has 1 aliphatic rings. The fraction of sp³-hybridized carbons (Fsp3) is 0.375. The minimum Gasteiger partial charge on any atom is -0.494 e. The molecule has 0 saturated carbocycles. The highest BCUT2D eigenvalue weighted by molar-refractivity contribution is 14.2. The van der Waals surface area contributed by atoms with E-state index >= 15 is 0 Å². The highest BCUT2D eigenvalue weighted by Gasteiger charge is 2.29. The number of aryl methyl sites for hydroxylation is 1. The van der Waals surface area contributed by atoms with E-state index in [9.17, 15) is 0 Å². The van der Waals surface area contributed by atoms with E-state index in [2.05, 4.69) is 39.5 Å². The summed E-state index contributed by atoms with van der Waals surface area (Å²) in [5, 5.41) is 8.24. The summed E-state index contributed by atoms with van der Waals surface area (Å²) in [7, 11) is 1.98. The normalized spacial score (nSPS) is 12.1. The number of aromatic nitrogens is 2. The minimum atomic E-state index is 0.474. The van der Waals surface area contributed by atoms with Gasteiger partial charge in [-0.3, -0.25) is 4.68 Å². The van der Waals surface area contributed by atoms with Gasteiger partial charge in [-0.15, -0.1) is 0 Å². The third-order valence-electron chi connectivity index (χ3n) is 5.35. The molecule has 1 heterocycles. The van der Waals surface area contributed by atoms with Gasteiger partial charge in [-0.1, -0.05) is 6.07 Å². The summed E-state index contributed by atoms with van der Waals surface area (Å²) in [6.07, 6.45) is 1.63. The lowest BCUT2D eigenvalue weighted by Crippen LogP contribution is -2.04. The van der Waals surface area contributed by atoms with Crippen molar-refractivity contribution in [3.8, 4) is 28.5 Å². The molecule has 7 nitrogen and oxygen atoms in total. The van der Waals surface area contributed by atoms with E-state index in [0.717, 1.165) is 52.9 Å². The Labute approximate surface area is 209 Å². The first-order chi connectivity index (χ1) is 16.1. The molecule has 1 unspecified atom stereocenters. The van der Waals surface area contributed by atoms with Crippen LogP contribution in [-0.4, -0.2) is 36.2 Å². The summed E-state index contributed by atoms with van der Waals surface area (Å²) < 4.78 is 25.0. The molecule has 1 aliphatic carbocycles. The molecular weight excluding hydrogens is 552 g/mol. The van der Waals surface area contributed by atoms with E-state index in [1.54, 1.807) is 0 Å². The monoisotopic (exact) mass is 581 g/mol. The number of anilines is 2. The van der Waals surface area contributed by atoms with Gasteiger partial charge in [-0.05, 0) is 65.7 Å². The summed E-state index contributed by atoms with van der Waals surface area (Å²) in [5.41, 5.74) is 5.58. The molecule has 0 radical (unpaired) electrons. The maximum atomic E-state index is 6.09. The molecule has 2 aromatic carbocycles. The van der Waals surface area contributed by atoms with Crippen LogP contribution in [0, 0.1) is 0 Å². The van der Waals surface area contributed by atoms with Crippen LogP contribution in [0.15, 0.2) is 36.4 Å². The highest BCUT2D eigenvalue weighted by Crippen LogP contribution is 2.45. The number of hydrogen-bond acceptors (Lipinski definition) is 6. The van der Waals surface area contributed by atoms with E-state index in [1.165, 1.54) is 11.1 Å². The standard InChI is InChI=1S/C24H29IN3O4P/c1-4-29-18-9-6-8-17(14-18)26-24-20-12-16-13-21(30-5-2)22(31-10-7-11-32-33-25)15-19(16)23(20)28(3)27-24/h6,8-9,13-15,33H,4-5,7,10-12H2,1-3H3,(H,26,27). The Morgan fingerprint density at radius 1 is 1.06 bits per heavy atom. The molecule has 1 atom stereocenters. The van der Waals surface area contributed by atoms with Gasteiger partial charge in [-0.2, -0.15) is 5.10 Å². The van der Waals surface area contributed by atoms with Crippen molar-refractivity contribution in [2.75, 3.05) is 31.7 Å². The largest absolute Gasteiger partial charge is 0.494 e. The molecule has 176 valence electrons. The molecule has 33 heavy (non-hydrogen) atoms. The maximum Gasteiger partial charge on any atom is 0.161 e. The van der Waals surface area contributed by atoms with Gasteiger partial charge in [0.25, 0.3) is 0 Å². The van der Waals surface area contributed by atoms with Crippen molar-refractivity contribution < 1.29 is 18.7 Å². The van der Waals surface area contributed by atoms with Crippen LogP contribution in [0.4, 0.5) is 11.5 Å². The molecular formula is C24H29IN3O4P. The first kappa shape index (κ1) is 24.1. The molecule has 0 bridgehead atoms. The fourth-order valence-corrected chi connectivity index (χ4v) is 4.91. The Hall–Kier alpha value is -2.03. The van der Waals surface area contributed by atoms with Crippen LogP contribution in [0.2, 0.25) is 0 Å². The zero-order valence-corrected chi connectivity index (χ0v) is 22.3. The first-order valence-electron chi connectivity index (χ1n) is 11.1.